The Labute approximate surface area is 27.7 Å². The van der Waals surface area contributed by atoms with Crippen molar-refractivity contribution in [1.82, 2.24) is 0 Å². The minimum Gasteiger partial charge on any atom is -0.438 e. The third-order valence-corrected chi connectivity index (χ3v) is 0. The standard InChI is InChI=1S/CH6OSi.H2O/c1-3-2;/h2H,3H2,1H3;1H2. The molecule has 0 saturated carbocycles. The number of hydrogen-bond acceptors (Lipinski definition) is 1. The van der Waals surface area contributed by atoms with Gasteiger partial charge in [0.05, 0.1) is 0 Å². The van der Waals surface area contributed by atoms with E-state index in [1.807, 2.05) is 6.55 Å². The molecule has 3 N–H and O–H groups in total. The molecule has 0 radical (unpaired) electrons. The Hall–Kier alpha value is 0.137. The summed E-state index contributed by atoms with van der Waals surface area (Å²) in [7, 11) is -0.583. The van der Waals surface area contributed by atoms with E-state index < -0.39 is 9.76 Å². The van der Waals surface area contributed by atoms with Gasteiger partial charge in [0.1, 0.15) is 0 Å². The van der Waals surface area contributed by atoms with E-state index in [1.54, 1.807) is 0 Å². The van der Waals surface area contributed by atoms with Crippen molar-refractivity contribution in [2.24, 2.45) is 0 Å². The second-order valence-electron chi connectivity index (χ2n) is 0.316. The highest BCUT2D eigenvalue weighted by atomic mass is 28.2. The summed E-state index contributed by atoms with van der Waals surface area (Å²) in [5.74, 6) is 0. The van der Waals surface area contributed by atoms with E-state index in [0.29, 0.717) is 0 Å². The molecule has 28 valence electrons. The van der Waals surface area contributed by atoms with Gasteiger partial charge in [-0.15, -0.1) is 0 Å². The van der Waals surface area contributed by atoms with E-state index in [2.05, 4.69) is 0 Å². The van der Waals surface area contributed by atoms with Crippen molar-refractivity contribution in [3.05, 3.63) is 0 Å². The van der Waals surface area contributed by atoms with Gasteiger partial charge in [0.25, 0.3) is 0 Å². The van der Waals surface area contributed by atoms with E-state index in [9.17, 15) is 0 Å². The fourth-order valence-corrected chi connectivity index (χ4v) is 0. The summed E-state index contributed by atoms with van der Waals surface area (Å²) in [6.07, 6.45) is 0. The first-order valence-corrected chi connectivity index (χ1v) is 3.07. The van der Waals surface area contributed by atoms with Crippen molar-refractivity contribution >= 4 is 9.76 Å². The molecule has 0 amide bonds. The van der Waals surface area contributed by atoms with Gasteiger partial charge in [0, 0.05) is 0 Å². The van der Waals surface area contributed by atoms with E-state index in [-0.39, 0.29) is 5.48 Å². The largest absolute Gasteiger partial charge is 0.438 e. The van der Waals surface area contributed by atoms with Crippen molar-refractivity contribution < 1.29 is 10.3 Å². The second-order valence-corrected chi connectivity index (χ2v) is 0.949. The van der Waals surface area contributed by atoms with Crippen LogP contribution < -0.4 is 0 Å². The minimum atomic E-state index is -0.583. The third-order valence-electron chi connectivity index (χ3n) is 0. The van der Waals surface area contributed by atoms with E-state index in [0.717, 1.165) is 0 Å². The Morgan fingerprint density at radius 1 is 1.75 bits per heavy atom. The third kappa shape index (κ3) is 147. The highest BCUT2D eigenvalue weighted by Gasteiger charge is 1.39. The summed E-state index contributed by atoms with van der Waals surface area (Å²) >= 11 is 0. The lowest BCUT2D eigenvalue weighted by molar-refractivity contribution is 0.610. The lowest BCUT2D eigenvalue weighted by Crippen LogP contribution is -1.65. The fourth-order valence-electron chi connectivity index (χ4n) is 0. The van der Waals surface area contributed by atoms with Crippen LogP contribution in [0.1, 0.15) is 0 Å². The zero-order valence-corrected chi connectivity index (χ0v) is 4.07. The monoisotopic (exact) mass is 80.0 g/mol. The normalized spacial score (nSPS) is 7.50. The van der Waals surface area contributed by atoms with Gasteiger partial charge in [-0.1, -0.05) is 6.55 Å². The molecule has 0 unspecified atom stereocenters. The molecule has 0 aliphatic carbocycles. The van der Waals surface area contributed by atoms with Gasteiger partial charge in [-0.2, -0.15) is 0 Å². The van der Waals surface area contributed by atoms with Crippen LogP contribution in [0.5, 0.6) is 0 Å². The van der Waals surface area contributed by atoms with Gasteiger partial charge in [-0.3, -0.25) is 0 Å². The Kier molecular flexibility index (Phi) is 24.7. The molecule has 4 heavy (non-hydrogen) atoms. The maximum absolute atomic E-state index is 7.71. The maximum Gasteiger partial charge on any atom is 0.153 e. The van der Waals surface area contributed by atoms with Crippen LogP contribution in [0.25, 0.3) is 0 Å². The first-order valence-electron chi connectivity index (χ1n) is 1.02. The van der Waals surface area contributed by atoms with E-state index >= 15 is 0 Å². The molecule has 0 heterocycles. The Bertz CT molecular complexity index is 6.00. The Balaban J connectivity index is 0. The SMILES string of the molecule is C[SiH2]O.O. The van der Waals surface area contributed by atoms with Crippen molar-refractivity contribution in [3.8, 4) is 0 Å². The molecule has 0 aromatic rings. The van der Waals surface area contributed by atoms with Gasteiger partial charge in [-0.05, 0) is 0 Å². The van der Waals surface area contributed by atoms with Crippen LogP contribution in [-0.4, -0.2) is 20.0 Å². The van der Waals surface area contributed by atoms with Gasteiger partial charge in [-0.25, -0.2) is 0 Å². The van der Waals surface area contributed by atoms with Crippen LogP contribution in [-0.2, 0) is 0 Å². The average molecular weight is 80.2 g/mol. The van der Waals surface area contributed by atoms with Crippen LogP contribution in [0.2, 0.25) is 6.55 Å². The quantitative estimate of drug-likeness (QED) is 0.346. The number of hydrogen-bond donors (Lipinski definition) is 1. The van der Waals surface area contributed by atoms with Crippen LogP contribution in [0.3, 0.4) is 0 Å². The summed E-state index contributed by atoms with van der Waals surface area (Å²) in [6.45, 7) is 1.82. The van der Waals surface area contributed by atoms with Crippen LogP contribution >= 0.6 is 0 Å². The summed E-state index contributed by atoms with van der Waals surface area (Å²) in [4.78, 5) is 7.71. The molecule has 2 nitrogen and oxygen atoms in total. The smallest absolute Gasteiger partial charge is 0.153 e. The molecule has 0 aromatic carbocycles. The molecule has 0 fully saturated rings. The molecule has 3 heteroatoms. The van der Waals surface area contributed by atoms with Crippen LogP contribution in [0.4, 0.5) is 0 Å². The highest BCUT2D eigenvalue weighted by molar-refractivity contribution is 6.22. The lowest BCUT2D eigenvalue weighted by atomic mass is 11.9. The molecule has 0 aliphatic heterocycles. The molecule has 0 spiro atoms. The van der Waals surface area contributed by atoms with Crippen molar-refractivity contribution in [1.29, 1.82) is 0 Å². The van der Waals surface area contributed by atoms with Crippen molar-refractivity contribution in [2.45, 2.75) is 6.55 Å². The predicted octanol–water partition coefficient (Wildman–Crippen LogP) is -1.71. The lowest BCUT2D eigenvalue weighted by Gasteiger charge is -1.49. The van der Waals surface area contributed by atoms with Crippen LogP contribution in [0.15, 0.2) is 0 Å². The maximum atomic E-state index is 7.71. The first-order chi connectivity index (χ1) is 1.41. The zero-order chi connectivity index (χ0) is 2.71. The van der Waals surface area contributed by atoms with E-state index in [4.69, 9.17) is 4.80 Å². The zero-order valence-electron chi connectivity index (χ0n) is 2.65. The van der Waals surface area contributed by atoms with E-state index in [1.165, 1.54) is 0 Å². The summed E-state index contributed by atoms with van der Waals surface area (Å²) in [6, 6.07) is 0. The average Bonchev–Trinajstić information content (AvgIpc) is 0.918. The summed E-state index contributed by atoms with van der Waals surface area (Å²) < 4.78 is 0. The van der Waals surface area contributed by atoms with Gasteiger partial charge < -0.3 is 10.3 Å². The molecule has 0 rings (SSSR count). The molecule has 0 aliphatic rings. The second kappa shape index (κ2) is 11.1. The van der Waals surface area contributed by atoms with Gasteiger partial charge in [0.2, 0.25) is 0 Å². The highest BCUT2D eigenvalue weighted by Crippen LogP contribution is 1.24. The van der Waals surface area contributed by atoms with Crippen LogP contribution in [0, 0.1) is 0 Å². The molecular formula is CH8O2Si. The number of rotatable bonds is 0. The van der Waals surface area contributed by atoms with Crippen molar-refractivity contribution in [2.75, 3.05) is 0 Å². The first kappa shape index (κ1) is 8.91. The molecular weight excluding hydrogens is 72.1 g/mol. The molecule has 0 bridgehead atoms. The topological polar surface area (TPSA) is 51.7 Å². The molecule has 0 aromatic heterocycles. The summed E-state index contributed by atoms with van der Waals surface area (Å²) in [5.41, 5.74) is 0. The fraction of sp³-hybridized carbons (Fsp3) is 1.00. The summed E-state index contributed by atoms with van der Waals surface area (Å²) in [5, 5.41) is 0. The molecule has 0 atom stereocenters. The molecule has 0 saturated heterocycles. The van der Waals surface area contributed by atoms with Gasteiger partial charge >= 0.3 is 0 Å². The minimum absolute atomic E-state index is 0. The Morgan fingerprint density at radius 2 is 1.75 bits per heavy atom. The van der Waals surface area contributed by atoms with Crippen molar-refractivity contribution in [3.63, 3.8) is 0 Å². The Morgan fingerprint density at radius 3 is 1.75 bits per heavy atom. The van der Waals surface area contributed by atoms with Gasteiger partial charge in [0.15, 0.2) is 9.76 Å². The predicted molar refractivity (Wildman–Crippen MR) is 20.2 cm³/mol.